The van der Waals surface area contributed by atoms with Crippen LogP contribution in [0.4, 0.5) is 0 Å². The summed E-state index contributed by atoms with van der Waals surface area (Å²) in [5, 5.41) is 10.6. The predicted molar refractivity (Wildman–Crippen MR) is 58.5 cm³/mol. The second-order valence-electron chi connectivity index (χ2n) is 3.47. The number of aromatic nitrogens is 1. The largest absolute Gasteiger partial charge is 0.475 e. The van der Waals surface area contributed by atoms with Gasteiger partial charge in [0.2, 0.25) is 5.76 Å². The maximum Gasteiger partial charge on any atom is 0.371 e. The zero-order chi connectivity index (χ0) is 11.1. The maximum atomic E-state index is 10.8. The number of carbonyl (C=O) groups is 1. The molecule has 0 saturated heterocycles. The van der Waals surface area contributed by atoms with Crippen molar-refractivity contribution in [2.24, 2.45) is 0 Å². The van der Waals surface area contributed by atoms with Crippen molar-refractivity contribution in [3.8, 4) is 0 Å². The Hall–Kier alpha value is -2.36. The van der Waals surface area contributed by atoms with Crippen LogP contribution in [0.1, 0.15) is 10.6 Å². The molecule has 4 heteroatoms. The van der Waals surface area contributed by atoms with Crippen molar-refractivity contribution in [3.63, 3.8) is 0 Å². The van der Waals surface area contributed by atoms with Crippen molar-refractivity contribution in [1.82, 2.24) is 4.98 Å². The van der Waals surface area contributed by atoms with Gasteiger partial charge >= 0.3 is 5.97 Å². The molecule has 2 aromatic heterocycles. The first-order valence-electron chi connectivity index (χ1n) is 4.76. The molecule has 0 fully saturated rings. The van der Waals surface area contributed by atoms with Crippen LogP contribution in [0.5, 0.6) is 0 Å². The fourth-order valence-electron chi connectivity index (χ4n) is 1.74. The molecule has 78 valence electrons. The summed E-state index contributed by atoms with van der Waals surface area (Å²) in [5.41, 5.74) is 1.37. The molecule has 0 aliphatic rings. The molecule has 1 N–H and O–H groups in total. The van der Waals surface area contributed by atoms with E-state index >= 15 is 0 Å². The van der Waals surface area contributed by atoms with Crippen LogP contribution in [0, 0.1) is 0 Å². The second-order valence-corrected chi connectivity index (χ2v) is 3.47. The van der Waals surface area contributed by atoms with E-state index in [1.807, 2.05) is 18.2 Å². The highest BCUT2D eigenvalue weighted by atomic mass is 16.4. The minimum atomic E-state index is -1.07. The van der Waals surface area contributed by atoms with E-state index in [1.165, 1.54) is 6.07 Å². The van der Waals surface area contributed by atoms with Gasteiger partial charge < -0.3 is 9.52 Å². The smallest absolute Gasteiger partial charge is 0.371 e. The van der Waals surface area contributed by atoms with Crippen molar-refractivity contribution >= 4 is 27.8 Å². The number of rotatable bonds is 1. The van der Waals surface area contributed by atoms with Crippen LogP contribution in [-0.2, 0) is 0 Å². The Labute approximate surface area is 90.1 Å². The number of benzene rings is 1. The highest BCUT2D eigenvalue weighted by Crippen LogP contribution is 2.25. The average Bonchev–Trinajstić information content (AvgIpc) is 2.76. The van der Waals surface area contributed by atoms with E-state index in [-0.39, 0.29) is 5.76 Å². The number of nitrogens with zero attached hydrogens (tertiary/aromatic N) is 1. The first kappa shape index (κ1) is 8.91. The predicted octanol–water partition coefficient (Wildman–Crippen LogP) is 2.68. The number of hydrogen-bond acceptors (Lipinski definition) is 3. The van der Waals surface area contributed by atoms with Gasteiger partial charge in [0.15, 0.2) is 0 Å². The molecule has 0 saturated carbocycles. The minimum absolute atomic E-state index is 0.0683. The monoisotopic (exact) mass is 213 g/mol. The third-order valence-electron chi connectivity index (χ3n) is 2.50. The normalized spacial score (nSPS) is 11.0. The van der Waals surface area contributed by atoms with Crippen molar-refractivity contribution in [2.45, 2.75) is 0 Å². The van der Waals surface area contributed by atoms with E-state index < -0.39 is 5.97 Å². The van der Waals surface area contributed by atoms with Gasteiger partial charge in [0.05, 0.1) is 5.52 Å². The van der Waals surface area contributed by atoms with Gasteiger partial charge in [-0.1, -0.05) is 0 Å². The summed E-state index contributed by atoms with van der Waals surface area (Å²) >= 11 is 0. The quantitative estimate of drug-likeness (QED) is 0.675. The summed E-state index contributed by atoms with van der Waals surface area (Å²) in [7, 11) is 0. The maximum absolute atomic E-state index is 10.8. The Balaban J connectivity index is 2.46. The first-order valence-corrected chi connectivity index (χ1v) is 4.76. The topological polar surface area (TPSA) is 63.3 Å². The van der Waals surface area contributed by atoms with E-state index in [4.69, 9.17) is 9.52 Å². The Bertz CT molecular complexity index is 700. The lowest BCUT2D eigenvalue weighted by atomic mass is 10.1. The van der Waals surface area contributed by atoms with Crippen molar-refractivity contribution < 1.29 is 14.3 Å². The SMILES string of the molecule is O=C(O)c1ccc2ccc3nccc3c2o1. The Morgan fingerprint density at radius 1 is 1.19 bits per heavy atom. The van der Waals surface area contributed by atoms with Gasteiger partial charge in [0.1, 0.15) is 5.58 Å². The second kappa shape index (κ2) is 3.06. The van der Waals surface area contributed by atoms with Gasteiger partial charge in [-0.2, -0.15) is 0 Å². The van der Waals surface area contributed by atoms with Gasteiger partial charge in [-0.25, -0.2) is 4.79 Å². The molecule has 0 spiro atoms. The zero-order valence-corrected chi connectivity index (χ0v) is 8.18. The molecule has 0 atom stereocenters. The van der Waals surface area contributed by atoms with Crippen LogP contribution in [0.2, 0.25) is 0 Å². The molecule has 0 aliphatic carbocycles. The van der Waals surface area contributed by atoms with Gasteiger partial charge in [-0.15, -0.1) is 0 Å². The van der Waals surface area contributed by atoms with Gasteiger partial charge in [0.25, 0.3) is 0 Å². The van der Waals surface area contributed by atoms with Crippen molar-refractivity contribution in [2.75, 3.05) is 0 Å². The molecule has 3 aromatic rings. The highest BCUT2D eigenvalue weighted by Gasteiger charge is 2.09. The highest BCUT2D eigenvalue weighted by molar-refractivity contribution is 6.03. The third kappa shape index (κ3) is 1.16. The van der Waals surface area contributed by atoms with E-state index in [2.05, 4.69) is 4.98 Å². The molecule has 4 nitrogen and oxygen atoms in total. The summed E-state index contributed by atoms with van der Waals surface area (Å²) in [6, 6.07) is 8.74. The molecular formula is C12H7NO3. The standard InChI is InChI=1S/C12H7NO3/c14-12(15)10-4-2-7-1-3-9-8(5-6-13-9)11(7)16-10/h1-6H,(H,14,15). The summed E-state index contributed by atoms with van der Waals surface area (Å²) < 4.78 is 5.36. The van der Waals surface area contributed by atoms with Crippen LogP contribution < -0.4 is 0 Å². The summed E-state index contributed by atoms with van der Waals surface area (Å²) in [4.78, 5) is 14.9. The summed E-state index contributed by atoms with van der Waals surface area (Å²) in [5.74, 6) is -1.14. The lowest BCUT2D eigenvalue weighted by Gasteiger charge is -2.00. The first-order chi connectivity index (χ1) is 7.75. The Morgan fingerprint density at radius 3 is 2.81 bits per heavy atom. The van der Waals surface area contributed by atoms with Crippen LogP contribution >= 0.6 is 0 Å². The molecule has 16 heavy (non-hydrogen) atoms. The molecule has 3 rings (SSSR count). The van der Waals surface area contributed by atoms with E-state index in [0.717, 1.165) is 16.3 Å². The molecule has 0 radical (unpaired) electrons. The van der Waals surface area contributed by atoms with E-state index in [1.54, 1.807) is 12.3 Å². The minimum Gasteiger partial charge on any atom is -0.475 e. The fourth-order valence-corrected chi connectivity index (χ4v) is 1.74. The van der Waals surface area contributed by atoms with Gasteiger partial charge in [0, 0.05) is 17.0 Å². The number of aromatic carboxylic acids is 1. The van der Waals surface area contributed by atoms with Crippen LogP contribution in [-0.4, -0.2) is 16.1 Å². The third-order valence-corrected chi connectivity index (χ3v) is 2.50. The van der Waals surface area contributed by atoms with E-state index in [9.17, 15) is 4.79 Å². The van der Waals surface area contributed by atoms with Crippen LogP contribution in [0.15, 0.2) is 40.9 Å². The van der Waals surface area contributed by atoms with Gasteiger partial charge in [-0.05, 0) is 30.3 Å². The molecule has 0 bridgehead atoms. The Morgan fingerprint density at radius 2 is 2.00 bits per heavy atom. The van der Waals surface area contributed by atoms with Crippen LogP contribution in [0.3, 0.4) is 0 Å². The number of carboxylic acid groups (broad SMARTS) is 1. The number of fused-ring (bicyclic) bond motifs is 3. The number of hydrogen-bond donors (Lipinski definition) is 1. The molecule has 0 unspecified atom stereocenters. The molecule has 0 amide bonds. The molecule has 0 aliphatic heterocycles. The molecular weight excluding hydrogens is 206 g/mol. The Kier molecular flexibility index (Phi) is 1.71. The van der Waals surface area contributed by atoms with Gasteiger partial charge in [-0.3, -0.25) is 4.98 Å². The summed E-state index contributed by atoms with van der Waals surface area (Å²) in [6.07, 6.45) is 1.67. The molecule has 1 aromatic carbocycles. The lowest BCUT2D eigenvalue weighted by Crippen LogP contribution is -1.95. The van der Waals surface area contributed by atoms with E-state index in [0.29, 0.717) is 5.58 Å². The van der Waals surface area contributed by atoms with Crippen molar-refractivity contribution in [3.05, 3.63) is 42.3 Å². The van der Waals surface area contributed by atoms with Crippen molar-refractivity contribution in [1.29, 1.82) is 0 Å². The average molecular weight is 213 g/mol. The fraction of sp³-hybridized carbons (Fsp3) is 0. The molecule has 2 heterocycles. The summed E-state index contributed by atoms with van der Waals surface area (Å²) in [6.45, 7) is 0. The van der Waals surface area contributed by atoms with Crippen LogP contribution in [0.25, 0.3) is 21.9 Å². The lowest BCUT2D eigenvalue weighted by molar-refractivity contribution is 0.0663. The zero-order valence-electron chi connectivity index (χ0n) is 8.18. The number of carboxylic acids is 1.